The van der Waals surface area contributed by atoms with Crippen LogP contribution < -0.4 is 5.73 Å². The summed E-state index contributed by atoms with van der Waals surface area (Å²) < 4.78 is 5.69. The first-order valence-electron chi connectivity index (χ1n) is 4.14. The Morgan fingerprint density at radius 1 is 1.67 bits per heavy atom. The lowest BCUT2D eigenvalue weighted by Gasteiger charge is -1.92. The second-order valence-electron chi connectivity index (χ2n) is 2.76. The normalized spacial score (nSPS) is 10.5. The lowest BCUT2D eigenvalue weighted by Crippen LogP contribution is -2.02. The van der Waals surface area contributed by atoms with Crippen molar-refractivity contribution in [1.29, 1.82) is 0 Å². The number of ketones is 1. The Hall–Kier alpha value is -0.980. The van der Waals surface area contributed by atoms with Crippen molar-refractivity contribution in [3.8, 4) is 0 Å². The van der Waals surface area contributed by atoms with E-state index in [1.54, 1.807) is 11.4 Å². The standard InChI is InChI=1S/C9H7BrN2O2S/c10-5-1-2-14-9(5)8(13)6-4-15-7(3-11)12-6/h1-2,4H,3,11H2. The Morgan fingerprint density at radius 2 is 2.47 bits per heavy atom. The van der Waals surface area contributed by atoms with Gasteiger partial charge in [-0.2, -0.15) is 0 Å². The van der Waals surface area contributed by atoms with Crippen LogP contribution >= 0.6 is 27.3 Å². The highest BCUT2D eigenvalue weighted by Crippen LogP contribution is 2.21. The molecule has 0 radical (unpaired) electrons. The third-order valence-electron chi connectivity index (χ3n) is 1.78. The van der Waals surface area contributed by atoms with Crippen LogP contribution in [0.25, 0.3) is 0 Å². The fraction of sp³-hybridized carbons (Fsp3) is 0.111. The van der Waals surface area contributed by atoms with Gasteiger partial charge in [-0.25, -0.2) is 4.98 Å². The minimum Gasteiger partial charge on any atom is -0.460 e. The summed E-state index contributed by atoms with van der Waals surface area (Å²) >= 11 is 4.59. The summed E-state index contributed by atoms with van der Waals surface area (Å²) in [5.74, 6) is 0.0340. The molecule has 2 heterocycles. The molecule has 0 bridgehead atoms. The maximum atomic E-state index is 11.8. The van der Waals surface area contributed by atoms with Gasteiger partial charge in [0.05, 0.1) is 10.7 Å². The van der Waals surface area contributed by atoms with Crippen molar-refractivity contribution >= 4 is 33.0 Å². The van der Waals surface area contributed by atoms with Gasteiger partial charge in [-0.1, -0.05) is 0 Å². The van der Waals surface area contributed by atoms with E-state index >= 15 is 0 Å². The highest BCUT2D eigenvalue weighted by atomic mass is 79.9. The summed E-state index contributed by atoms with van der Waals surface area (Å²) in [4.78, 5) is 15.9. The summed E-state index contributed by atoms with van der Waals surface area (Å²) in [6.45, 7) is 0.345. The molecule has 2 aromatic heterocycles. The van der Waals surface area contributed by atoms with Crippen molar-refractivity contribution in [3.05, 3.63) is 38.6 Å². The molecule has 4 nitrogen and oxygen atoms in total. The first-order chi connectivity index (χ1) is 7.22. The lowest BCUT2D eigenvalue weighted by molar-refractivity contribution is 0.100. The van der Waals surface area contributed by atoms with Crippen LogP contribution in [0.4, 0.5) is 0 Å². The van der Waals surface area contributed by atoms with Gasteiger partial charge in [0.1, 0.15) is 10.7 Å². The number of nitrogens with two attached hydrogens (primary N) is 1. The van der Waals surface area contributed by atoms with Crippen molar-refractivity contribution in [1.82, 2.24) is 4.98 Å². The van der Waals surface area contributed by atoms with Crippen LogP contribution in [0.5, 0.6) is 0 Å². The van der Waals surface area contributed by atoms with Gasteiger partial charge in [0.15, 0.2) is 5.76 Å². The molecule has 0 atom stereocenters. The molecule has 0 aromatic carbocycles. The highest BCUT2D eigenvalue weighted by molar-refractivity contribution is 9.10. The second kappa shape index (κ2) is 4.26. The maximum absolute atomic E-state index is 11.8. The number of hydrogen-bond donors (Lipinski definition) is 1. The number of carbonyl (C=O) groups is 1. The number of carbonyl (C=O) groups excluding carboxylic acids is 1. The zero-order valence-corrected chi connectivity index (χ0v) is 9.97. The molecule has 0 saturated heterocycles. The van der Waals surface area contributed by atoms with Gasteiger partial charge in [-0.05, 0) is 22.0 Å². The second-order valence-corrected chi connectivity index (χ2v) is 4.55. The van der Waals surface area contributed by atoms with Crippen molar-refractivity contribution in [2.45, 2.75) is 6.54 Å². The number of nitrogens with zero attached hydrogens (tertiary/aromatic N) is 1. The molecule has 2 rings (SSSR count). The summed E-state index contributed by atoms with van der Waals surface area (Å²) in [6.07, 6.45) is 1.45. The fourth-order valence-electron chi connectivity index (χ4n) is 1.08. The van der Waals surface area contributed by atoms with Crippen LogP contribution in [0.15, 0.2) is 26.6 Å². The number of halogens is 1. The Balaban J connectivity index is 2.32. The molecular weight excluding hydrogens is 280 g/mol. The monoisotopic (exact) mass is 286 g/mol. The van der Waals surface area contributed by atoms with E-state index in [1.165, 1.54) is 17.6 Å². The number of aromatic nitrogens is 1. The van der Waals surface area contributed by atoms with Crippen LogP contribution in [0, 0.1) is 0 Å². The van der Waals surface area contributed by atoms with Crippen LogP contribution in [-0.2, 0) is 6.54 Å². The minimum atomic E-state index is -0.233. The first-order valence-corrected chi connectivity index (χ1v) is 5.82. The Morgan fingerprint density at radius 3 is 3.00 bits per heavy atom. The third kappa shape index (κ3) is 2.01. The Kier molecular flexibility index (Phi) is 2.99. The summed E-state index contributed by atoms with van der Waals surface area (Å²) in [5, 5.41) is 2.42. The molecule has 2 N–H and O–H groups in total. The van der Waals surface area contributed by atoms with Crippen LogP contribution in [0.3, 0.4) is 0 Å². The largest absolute Gasteiger partial charge is 0.460 e. The van der Waals surface area contributed by atoms with E-state index in [-0.39, 0.29) is 11.5 Å². The number of furan rings is 1. The third-order valence-corrected chi connectivity index (χ3v) is 3.28. The number of hydrogen-bond acceptors (Lipinski definition) is 5. The quantitative estimate of drug-likeness (QED) is 0.878. The Bertz CT molecular complexity index is 492. The van der Waals surface area contributed by atoms with E-state index in [9.17, 15) is 4.79 Å². The first kappa shape index (κ1) is 10.5. The number of rotatable bonds is 3. The fourth-order valence-corrected chi connectivity index (χ4v) is 2.12. The minimum absolute atomic E-state index is 0.233. The number of thiazole rings is 1. The van der Waals surface area contributed by atoms with Gasteiger partial charge in [0.2, 0.25) is 5.78 Å². The predicted molar refractivity (Wildman–Crippen MR) is 59.8 cm³/mol. The van der Waals surface area contributed by atoms with Crippen LogP contribution in [-0.4, -0.2) is 10.8 Å². The van der Waals surface area contributed by atoms with Gasteiger partial charge in [0, 0.05) is 11.9 Å². The molecule has 0 aliphatic rings. The molecule has 15 heavy (non-hydrogen) atoms. The molecule has 0 saturated carbocycles. The molecule has 0 spiro atoms. The van der Waals surface area contributed by atoms with Gasteiger partial charge < -0.3 is 10.2 Å². The van der Waals surface area contributed by atoms with Crippen molar-refractivity contribution in [2.75, 3.05) is 0 Å². The van der Waals surface area contributed by atoms with Gasteiger partial charge >= 0.3 is 0 Å². The summed E-state index contributed by atoms with van der Waals surface area (Å²) in [5.41, 5.74) is 5.79. The Labute approximate surface area is 98.2 Å². The average Bonchev–Trinajstić information content (AvgIpc) is 2.84. The van der Waals surface area contributed by atoms with Crippen LogP contribution in [0.1, 0.15) is 21.3 Å². The molecule has 0 aliphatic heterocycles. The van der Waals surface area contributed by atoms with Crippen molar-refractivity contribution in [2.24, 2.45) is 5.73 Å². The smallest absolute Gasteiger partial charge is 0.248 e. The molecule has 0 fully saturated rings. The molecule has 6 heteroatoms. The molecule has 2 aromatic rings. The SMILES string of the molecule is NCc1nc(C(=O)c2occc2Br)cs1. The van der Waals surface area contributed by atoms with Gasteiger partial charge in [0.25, 0.3) is 0 Å². The van der Waals surface area contributed by atoms with E-state index in [4.69, 9.17) is 10.2 Å². The summed E-state index contributed by atoms with van der Waals surface area (Å²) in [7, 11) is 0. The lowest BCUT2D eigenvalue weighted by atomic mass is 10.2. The van der Waals surface area contributed by atoms with E-state index in [0.29, 0.717) is 16.7 Å². The predicted octanol–water partition coefficient (Wildman–Crippen LogP) is 2.19. The van der Waals surface area contributed by atoms with Gasteiger partial charge in [-0.15, -0.1) is 11.3 Å². The van der Waals surface area contributed by atoms with Gasteiger partial charge in [-0.3, -0.25) is 4.79 Å². The average molecular weight is 287 g/mol. The highest BCUT2D eigenvalue weighted by Gasteiger charge is 2.18. The van der Waals surface area contributed by atoms with Crippen LogP contribution in [0.2, 0.25) is 0 Å². The van der Waals surface area contributed by atoms with E-state index < -0.39 is 0 Å². The topological polar surface area (TPSA) is 69.1 Å². The summed E-state index contributed by atoms with van der Waals surface area (Å²) in [6, 6.07) is 1.67. The van der Waals surface area contributed by atoms with Crippen molar-refractivity contribution in [3.63, 3.8) is 0 Å². The molecular formula is C9H7BrN2O2S. The van der Waals surface area contributed by atoms with Crippen molar-refractivity contribution < 1.29 is 9.21 Å². The van der Waals surface area contributed by atoms with E-state index in [1.807, 2.05) is 0 Å². The molecule has 0 unspecified atom stereocenters. The zero-order chi connectivity index (χ0) is 10.8. The molecule has 0 aliphatic carbocycles. The van der Waals surface area contributed by atoms with E-state index in [2.05, 4.69) is 20.9 Å². The molecule has 0 amide bonds. The van der Waals surface area contributed by atoms with E-state index in [0.717, 1.165) is 5.01 Å². The molecule has 78 valence electrons. The maximum Gasteiger partial charge on any atom is 0.248 e. The zero-order valence-electron chi connectivity index (χ0n) is 7.57.